The van der Waals surface area contributed by atoms with E-state index < -0.39 is 0 Å². The minimum Gasteiger partial charge on any atom is -0.493 e. The van der Waals surface area contributed by atoms with Gasteiger partial charge in [-0.1, -0.05) is 31.0 Å². The van der Waals surface area contributed by atoms with Gasteiger partial charge in [0, 0.05) is 17.5 Å². The van der Waals surface area contributed by atoms with Crippen molar-refractivity contribution in [1.29, 1.82) is 0 Å². The van der Waals surface area contributed by atoms with Crippen LogP contribution in [0.3, 0.4) is 0 Å². The van der Waals surface area contributed by atoms with Crippen molar-refractivity contribution in [3.05, 3.63) is 29.8 Å². The maximum absolute atomic E-state index is 5.72. The van der Waals surface area contributed by atoms with Gasteiger partial charge in [0.2, 0.25) is 0 Å². The van der Waals surface area contributed by atoms with Gasteiger partial charge < -0.3 is 4.74 Å². The first-order valence-electron chi connectivity index (χ1n) is 6.01. The van der Waals surface area contributed by atoms with Gasteiger partial charge in [-0.05, 0) is 19.9 Å². The third-order valence-corrected chi connectivity index (χ3v) is 3.20. The normalized spacial score (nSPS) is 23.4. The Morgan fingerprint density at radius 1 is 1.41 bits per heavy atom. The number of benzene rings is 1. The first-order valence-corrected chi connectivity index (χ1v) is 6.01. The predicted octanol–water partition coefficient (Wildman–Crippen LogP) is 2.76. The van der Waals surface area contributed by atoms with Crippen LogP contribution in [0, 0.1) is 18.3 Å². The van der Waals surface area contributed by atoms with Crippen molar-refractivity contribution >= 4 is 0 Å². The highest BCUT2D eigenvalue weighted by atomic mass is 16.5. The minimum atomic E-state index is -0.302. The molecular weight excluding hydrogens is 210 g/mol. The van der Waals surface area contributed by atoms with E-state index in [1.54, 1.807) is 0 Å². The molecule has 2 atom stereocenters. The van der Waals surface area contributed by atoms with Crippen molar-refractivity contribution in [2.24, 2.45) is 5.92 Å². The molecule has 17 heavy (non-hydrogen) atoms. The number of para-hydroxylation sites is 1. The van der Waals surface area contributed by atoms with E-state index in [2.05, 4.69) is 24.2 Å². The molecule has 0 bridgehead atoms. The van der Waals surface area contributed by atoms with E-state index in [1.165, 1.54) is 5.56 Å². The van der Waals surface area contributed by atoms with Crippen LogP contribution in [0.5, 0.6) is 5.75 Å². The molecular formula is C15H19NO. The molecule has 0 aliphatic carbocycles. The average molecular weight is 229 g/mol. The van der Waals surface area contributed by atoms with Crippen molar-refractivity contribution in [1.82, 2.24) is 5.32 Å². The van der Waals surface area contributed by atoms with E-state index >= 15 is 0 Å². The molecule has 2 unspecified atom stereocenters. The Kier molecular flexibility index (Phi) is 3.13. The molecule has 0 saturated heterocycles. The van der Waals surface area contributed by atoms with E-state index in [0.717, 1.165) is 12.4 Å². The summed E-state index contributed by atoms with van der Waals surface area (Å²) in [5.41, 5.74) is 0.901. The Labute approximate surface area is 103 Å². The van der Waals surface area contributed by atoms with Crippen molar-refractivity contribution in [3.63, 3.8) is 0 Å². The Bertz CT molecular complexity index is 444. The summed E-state index contributed by atoms with van der Waals surface area (Å²) in [6, 6.07) is 8.41. The van der Waals surface area contributed by atoms with Crippen LogP contribution < -0.4 is 10.1 Å². The van der Waals surface area contributed by atoms with Crippen molar-refractivity contribution in [2.45, 2.75) is 32.4 Å². The maximum Gasteiger partial charge on any atom is 0.124 e. The highest BCUT2D eigenvalue weighted by Gasteiger charge is 2.31. The summed E-state index contributed by atoms with van der Waals surface area (Å²) in [5.74, 6) is 4.17. The van der Waals surface area contributed by atoms with Crippen molar-refractivity contribution in [3.8, 4) is 18.1 Å². The molecule has 1 heterocycles. The smallest absolute Gasteiger partial charge is 0.124 e. The lowest BCUT2D eigenvalue weighted by molar-refractivity contribution is 0.176. The summed E-state index contributed by atoms with van der Waals surface area (Å²) in [7, 11) is 0. The van der Waals surface area contributed by atoms with E-state index in [-0.39, 0.29) is 11.6 Å². The number of nitrogens with one attached hydrogen (secondary N) is 1. The van der Waals surface area contributed by atoms with E-state index in [1.807, 2.05) is 32.0 Å². The maximum atomic E-state index is 5.72. The lowest BCUT2D eigenvalue weighted by Gasteiger charge is -2.36. The molecule has 0 amide bonds. The van der Waals surface area contributed by atoms with Crippen LogP contribution in [0.1, 0.15) is 32.4 Å². The van der Waals surface area contributed by atoms with Crippen LogP contribution in [0.2, 0.25) is 0 Å². The third kappa shape index (κ3) is 2.45. The number of rotatable bonds is 2. The standard InChI is InChI=1S/C15H19NO/c1-5-15(3,4)16-14-11(2)10-17-13-9-7-6-8-12(13)14/h1,6-9,11,14,16H,10H2,2-4H3. The molecule has 90 valence electrons. The fourth-order valence-corrected chi connectivity index (χ4v) is 2.14. The molecule has 0 spiro atoms. The monoisotopic (exact) mass is 229 g/mol. The van der Waals surface area contributed by atoms with Crippen LogP contribution in [0.4, 0.5) is 0 Å². The fourth-order valence-electron chi connectivity index (χ4n) is 2.14. The summed E-state index contributed by atoms with van der Waals surface area (Å²) < 4.78 is 5.72. The zero-order chi connectivity index (χ0) is 12.5. The van der Waals surface area contributed by atoms with Gasteiger partial charge in [0.25, 0.3) is 0 Å². The highest BCUT2D eigenvalue weighted by Crippen LogP contribution is 2.35. The van der Waals surface area contributed by atoms with Gasteiger partial charge in [0.15, 0.2) is 0 Å². The van der Waals surface area contributed by atoms with Crippen molar-refractivity contribution in [2.75, 3.05) is 6.61 Å². The van der Waals surface area contributed by atoms with E-state index in [0.29, 0.717) is 5.92 Å². The molecule has 2 rings (SSSR count). The molecule has 2 nitrogen and oxygen atoms in total. The molecule has 0 radical (unpaired) electrons. The zero-order valence-electron chi connectivity index (χ0n) is 10.7. The number of hydrogen-bond acceptors (Lipinski definition) is 2. The van der Waals surface area contributed by atoms with Gasteiger partial charge in [-0.2, -0.15) is 0 Å². The molecule has 0 aromatic heterocycles. The number of fused-ring (bicyclic) bond motifs is 1. The second kappa shape index (κ2) is 4.43. The largest absolute Gasteiger partial charge is 0.493 e. The summed E-state index contributed by atoms with van der Waals surface area (Å²) in [6.07, 6.45) is 5.55. The van der Waals surface area contributed by atoms with Crippen LogP contribution in [-0.2, 0) is 0 Å². The number of hydrogen-bond donors (Lipinski definition) is 1. The van der Waals surface area contributed by atoms with Gasteiger partial charge in [0.1, 0.15) is 5.75 Å². The second-order valence-corrected chi connectivity index (χ2v) is 5.22. The molecule has 1 aromatic rings. The molecule has 2 heteroatoms. The lowest BCUT2D eigenvalue weighted by Crippen LogP contribution is -2.45. The third-order valence-electron chi connectivity index (χ3n) is 3.20. The molecule has 1 aromatic carbocycles. The predicted molar refractivity (Wildman–Crippen MR) is 69.9 cm³/mol. The first-order chi connectivity index (χ1) is 8.03. The van der Waals surface area contributed by atoms with Crippen LogP contribution in [0.15, 0.2) is 24.3 Å². The minimum absolute atomic E-state index is 0.256. The second-order valence-electron chi connectivity index (χ2n) is 5.22. The Balaban J connectivity index is 2.31. The fraction of sp³-hybridized carbons (Fsp3) is 0.467. The first kappa shape index (κ1) is 12.0. The number of ether oxygens (including phenoxy) is 1. The lowest BCUT2D eigenvalue weighted by atomic mass is 9.89. The Hall–Kier alpha value is -1.46. The SMILES string of the molecule is C#CC(C)(C)NC1c2ccccc2OCC1C. The number of terminal acetylenes is 1. The quantitative estimate of drug-likeness (QED) is 0.787. The van der Waals surface area contributed by atoms with E-state index in [4.69, 9.17) is 11.2 Å². The van der Waals surface area contributed by atoms with Gasteiger partial charge in [-0.25, -0.2) is 0 Å². The average Bonchev–Trinajstić information content (AvgIpc) is 2.33. The van der Waals surface area contributed by atoms with Gasteiger partial charge in [-0.15, -0.1) is 6.42 Å². The van der Waals surface area contributed by atoms with Crippen LogP contribution >= 0.6 is 0 Å². The van der Waals surface area contributed by atoms with Crippen LogP contribution in [0.25, 0.3) is 0 Å². The topological polar surface area (TPSA) is 21.3 Å². The van der Waals surface area contributed by atoms with Gasteiger partial charge in [0.05, 0.1) is 12.1 Å². The Morgan fingerprint density at radius 2 is 2.12 bits per heavy atom. The van der Waals surface area contributed by atoms with Crippen LogP contribution in [-0.4, -0.2) is 12.1 Å². The van der Waals surface area contributed by atoms with E-state index in [9.17, 15) is 0 Å². The van der Waals surface area contributed by atoms with Gasteiger partial charge >= 0.3 is 0 Å². The molecule has 1 aliphatic heterocycles. The summed E-state index contributed by atoms with van der Waals surface area (Å²) in [6.45, 7) is 6.96. The molecule has 0 saturated carbocycles. The molecule has 1 N–H and O–H groups in total. The summed E-state index contributed by atoms with van der Waals surface area (Å²) in [4.78, 5) is 0. The molecule has 0 fully saturated rings. The molecule has 1 aliphatic rings. The summed E-state index contributed by atoms with van der Waals surface area (Å²) >= 11 is 0. The zero-order valence-corrected chi connectivity index (χ0v) is 10.7. The highest BCUT2D eigenvalue weighted by molar-refractivity contribution is 5.38. The van der Waals surface area contributed by atoms with Crippen molar-refractivity contribution < 1.29 is 4.74 Å². The van der Waals surface area contributed by atoms with Gasteiger partial charge in [-0.3, -0.25) is 5.32 Å². The summed E-state index contributed by atoms with van der Waals surface area (Å²) in [5, 5.41) is 3.53. The Morgan fingerprint density at radius 3 is 2.82 bits per heavy atom.